The molecule has 1 aromatic rings. The number of aliphatic carboxylic acids is 1. The van der Waals surface area contributed by atoms with Crippen molar-refractivity contribution in [1.29, 1.82) is 0 Å². The minimum Gasteiger partial charge on any atom is -0.481 e. The van der Waals surface area contributed by atoms with E-state index >= 15 is 0 Å². The van der Waals surface area contributed by atoms with Crippen LogP contribution in [0.3, 0.4) is 0 Å². The van der Waals surface area contributed by atoms with Crippen molar-refractivity contribution < 1.29 is 29.1 Å². The Labute approximate surface area is 165 Å². The van der Waals surface area contributed by atoms with Gasteiger partial charge >= 0.3 is 5.97 Å². The van der Waals surface area contributed by atoms with Gasteiger partial charge in [0.05, 0.1) is 23.2 Å². The Kier molecular flexibility index (Phi) is 8.39. The van der Waals surface area contributed by atoms with Gasteiger partial charge in [-0.2, -0.15) is 0 Å². The number of halogens is 1. The molecule has 0 saturated heterocycles. The van der Waals surface area contributed by atoms with E-state index in [-0.39, 0.29) is 10.6 Å². The van der Waals surface area contributed by atoms with Crippen LogP contribution >= 0.6 is 11.6 Å². The summed E-state index contributed by atoms with van der Waals surface area (Å²) in [5, 5.41) is 15.9. The number of amides is 3. The fourth-order valence-electron chi connectivity index (χ4n) is 2.05. The van der Waals surface area contributed by atoms with Crippen LogP contribution in [-0.2, 0) is 19.2 Å². The standard InChI is InChI=1S/C17H21ClN4O6/c1-8(21-17(28)10-3-4-13(19)12(18)5-10)15(26)20-9(2)16(27)22-11(7-23)6-14(24)25/h3-5,7-9,11H,6,19H2,1-2H3,(H,20,26)(H,21,28)(H,22,27)(H,24,25)/t8?,9-,11-/m0/s1. The van der Waals surface area contributed by atoms with Crippen molar-refractivity contribution in [1.82, 2.24) is 16.0 Å². The Balaban J connectivity index is 2.61. The summed E-state index contributed by atoms with van der Waals surface area (Å²) in [6.07, 6.45) is -0.284. The van der Waals surface area contributed by atoms with E-state index in [1.54, 1.807) is 0 Å². The van der Waals surface area contributed by atoms with Gasteiger partial charge < -0.3 is 31.6 Å². The maximum Gasteiger partial charge on any atom is 0.305 e. The lowest BCUT2D eigenvalue weighted by Crippen LogP contribution is -2.53. The first kappa shape index (κ1) is 22.9. The van der Waals surface area contributed by atoms with Crippen LogP contribution in [0.5, 0.6) is 0 Å². The van der Waals surface area contributed by atoms with Crippen molar-refractivity contribution in [3.63, 3.8) is 0 Å². The predicted octanol–water partition coefficient (Wildman–Crippen LogP) is -0.296. The third-order valence-electron chi connectivity index (χ3n) is 3.64. The molecule has 0 saturated carbocycles. The maximum absolute atomic E-state index is 12.2. The van der Waals surface area contributed by atoms with Crippen molar-refractivity contribution in [3.05, 3.63) is 28.8 Å². The first-order valence-electron chi connectivity index (χ1n) is 8.18. The minimum atomic E-state index is -1.26. The molecule has 0 bridgehead atoms. The zero-order valence-electron chi connectivity index (χ0n) is 15.2. The number of rotatable bonds is 9. The first-order chi connectivity index (χ1) is 13.0. The van der Waals surface area contributed by atoms with E-state index in [0.717, 1.165) is 0 Å². The number of hydrogen-bond acceptors (Lipinski definition) is 6. The fraction of sp³-hybridized carbons (Fsp3) is 0.353. The second kappa shape index (κ2) is 10.3. The average Bonchev–Trinajstić information content (AvgIpc) is 2.62. The monoisotopic (exact) mass is 412 g/mol. The van der Waals surface area contributed by atoms with Crippen molar-refractivity contribution in [2.75, 3.05) is 5.73 Å². The van der Waals surface area contributed by atoms with Crippen molar-refractivity contribution >= 4 is 47.3 Å². The zero-order chi connectivity index (χ0) is 21.4. The Morgan fingerprint density at radius 1 is 1.11 bits per heavy atom. The smallest absolute Gasteiger partial charge is 0.305 e. The zero-order valence-corrected chi connectivity index (χ0v) is 15.9. The van der Waals surface area contributed by atoms with E-state index < -0.39 is 48.2 Å². The number of nitrogen functional groups attached to an aromatic ring is 1. The Morgan fingerprint density at radius 2 is 1.68 bits per heavy atom. The highest BCUT2D eigenvalue weighted by Crippen LogP contribution is 2.19. The van der Waals surface area contributed by atoms with Crippen LogP contribution in [0, 0.1) is 0 Å². The second-order valence-electron chi connectivity index (χ2n) is 6.01. The van der Waals surface area contributed by atoms with Gasteiger partial charge in [0.1, 0.15) is 18.4 Å². The van der Waals surface area contributed by atoms with Gasteiger partial charge in [-0.1, -0.05) is 11.6 Å². The lowest BCUT2D eigenvalue weighted by molar-refractivity contribution is -0.139. The minimum absolute atomic E-state index is 0.196. The van der Waals surface area contributed by atoms with Gasteiger partial charge in [-0.3, -0.25) is 19.2 Å². The van der Waals surface area contributed by atoms with Crippen LogP contribution < -0.4 is 21.7 Å². The molecule has 0 radical (unpaired) electrons. The Hall–Kier alpha value is -3.14. The maximum atomic E-state index is 12.2. The third-order valence-corrected chi connectivity index (χ3v) is 3.97. The van der Waals surface area contributed by atoms with E-state index in [2.05, 4.69) is 16.0 Å². The largest absolute Gasteiger partial charge is 0.481 e. The predicted molar refractivity (Wildman–Crippen MR) is 101 cm³/mol. The molecule has 0 fully saturated rings. The molecule has 3 atom stereocenters. The van der Waals surface area contributed by atoms with Crippen LogP contribution in [0.4, 0.5) is 5.69 Å². The Bertz CT molecular complexity index is 785. The van der Waals surface area contributed by atoms with Gasteiger partial charge in [-0.25, -0.2) is 0 Å². The quantitative estimate of drug-likeness (QED) is 0.274. The van der Waals surface area contributed by atoms with Crippen LogP contribution in [0.25, 0.3) is 0 Å². The molecular weight excluding hydrogens is 392 g/mol. The summed E-state index contributed by atoms with van der Waals surface area (Å²) in [5.74, 6) is -3.22. The van der Waals surface area contributed by atoms with E-state index in [0.29, 0.717) is 12.0 Å². The van der Waals surface area contributed by atoms with Crippen molar-refractivity contribution in [2.45, 2.75) is 38.4 Å². The number of hydrogen-bond donors (Lipinski definition) is 5. The first-order valence-corrected chi connectivity index (χ1v) is 8.56. The highest BCUT2D eigenvalue weighted by molar-refractivity contribution is 6.33. The van der Waals surface area contributed by atoms with Gasteiger partial charge in [-0.15, -0.1) is 0 Å². The lowest BCUT2D eigenvalue weighted by Gasteiger charge is -2.19. The molecule has 3 amide bonds. The van der Waals surface area contributed by atoms with Crippen LogP contribution in [0.15, 0.2) is 18.2 Å². The molecule has 1 unspecified atom stereocenters. The number of carboxylic acid groups (broad SMARTS) is 1. The van der Waals surface area contributed by atoms with Crippen molar-refractivity contribution in [3.8, 4) is 0 Å². The van der Waals surface area contributed by atoms with E-state index in [1.165, 1.54) is 32.0 Å². The molecule has 0 heterocycles. The number of nitrogens with one attached hydrogen (secondary N) is 3. The summed E-state index contributed by atoms with van der Waals surface area (Å²) in [4.78, 5) is 57.7. The molecular formula is C17H21ClN4O6. The molecule has 0 spiro atoms. The number of carbonyl (C=O) groups is 5. The highest BCUT2D eigenvalue weighted by Gasteiger charge is 2.24. The summed E-state index contributed by atoms with van der Waals surface area (Å²) < 4.78 is 0. The number of benzene rings is 1. The fourth-order valence-corrected chi connectivity index (χ4v) is 2.23. The van der Waals surface area contributed by atoms with E-state index in [1.807, 2.05) is 0 Å². The molecule has 10 nitrogen and oxygen atoms in total. The molecule has 1 aromatic carbocycles. The number of anilines is 1. The number of aldehydes is 1. The van der Waals surface area contributed by atoms with Gasteiger partial charge in [0.25, 0.3) is 5.91 Å². The molecule has 0 aliphatic heterocycles. The highest BCUT2D eigenvalue weighted by atomic mass is 35.5. The SMILES string of the molecule is CC(NC(=O)c1ccc(N)c(Cl)c1)C(=O)N[C@@H](C)C(=O)N[C@H](C=O)CC(=O)O. The van der Waals surface area contributed by atoms with Crippen molar-refractivity contribution in [2.24, 2.45) is 0 Å². The summed E-state index contributed by atoms with van der Waals surface area (Å²) in [6.45, 7) is 2.76. The molecule has 152 valence electrons. The van der Waals surface area contributed by atoms with E-state index in [9.17, 15) is 24.0 Å². The van der Waals surface area contributed by atoms with Gasteiger partial charge in [0.15, 0.2) is 0 Å². The number of carbonyl (C=O) groups excluding carboxylic acids is 4. The number of carboxylic acids is 1. The third kappa shape index (κ3) is 6.88. The normalized spacial score (nSPS) is 13.5. The Morgan fingerprint density at radius 3 is 2.21 bits per heavy atom. The molecule has 1 rings (SSSR count). The summed E-state index contributed by atoms with van der Waals surface area (Å²) in [6, 6.07) is 0.995. The molecule has 28 heavy (non-hydrogen) atoms. The molecule has 0 aliphatic carbocycles. The van der Waals surface area contributed by atoms with E-state index in [4.69, 9.17) is 22.4 Å². The lowest BCUT2D eigenvalue weighted by atomic mass is 10.1. The molecule has 11 heteroatoms. The topological polar surface area (TPSA) is 168 Å². The van der Waals surface area contributed by atoms with Crippen LogP contribution in [-0.4, -0.2) is 53.2 Å². The number of nitrogens with two attached hydrogens (primary N) is 1. The summed E-state index contributed by atoms with van der Waals surface area (Å²) >= 11 is 5.86. The molecule has 0 aliphatic rings. The summed E-state index contributed by atoms with van der Waals surface area (Å²) in [7, 11) is 0. The van der Waals surface area contributed by atoms with Crippen LogP contribution in [0.2, 0.25) is 5.02 Å². The molecule has 6 N–H and O–H groups in total. The van der Waals surface area contributed by atoms with Gasteiger partial charge in [0, 0.05) is 5.56 Å². The van der Waals surface area contributed by atoms with Gasteiger partial charge in [-0.05, 0) is 32.0 Å². The average molecular weight is 413 g/mol. The van der Waals surface area contributed by atoms with Gasteiger partial charge in [0.2, 0.25) is 11.8 Å². The second-order valence-corrected chi connectivity index (χ2v) is 6.42. The summed E-state index contributed by atoms with van der Waals surface area (Å²) in [5.41, 5.74) is 6.08. The molecule has 0 aromatic heterocycles. The van der Waals surface area contributed by atoms with Crippen LogP contribution in [0.1, 0.15) is 30.6 Å².